The summed E-state index contributed by atoms with van der Waals surface area (Å²) in [5.41, 5.74) is 2.15. The molecule has 0 fully saturated rings. The van der Waals surface area contributed by atoms with Crippen LogP contribution < -0.4 is 5.32 Å². The summed E-state index contributed by atoms with van der Waals surface area (Å²) in [6, 6.07) is 25.0. The molecule has 0 aliphatic carbocycles. The van der Waals surface area contributed by atoms with Crippen molar-refractivity contribution >= 4 is 11.6 Å². The lowest BCUT2D eigenvalue weighted by molar-refractivity contribution is -0.121. The number of amides is 1. The van der Waals surface area contributed by atoms with Crippen LogP contribution in [0.1, 0.15) is 17.2 Å². The van der Waals surface area contributed by atoms with Crippen LogP contribution in [0.5, 0.6) is 0 Å². The first-order valence-electron chi connectivity index (χ1n) is 8.49. The maximum atomic E-state index is 14.0. The number of rotatable bonds is 6. The highest BCUT2D eigenvalue weighted by atomic mass is 19.1. The molecule has 0 aliphatic rings. The van der Waals surface area contributed by atoms with E-state index in [9.17, 15) is 9.18 Å². The second-order valence-corrected chi connectivity index (χ2v) is 6.18. The molecule has 0 saturated carbocycles. The SMILES string of the molecule is CN(Cc1ccccc1F)C(C(=O)Nc1ccccc1)c1ccccc1. The third kappa shape index (κ3) is 4.35. The van der Waals surface area contributed by atoms with Crippen LogP contribution in [0.25, 0.3) is 0 Å². The van der Waals surface area contributed by atoms with Crippen LogP contribution in [0.15, 0.2) is 84.9 Å². The van der Waals surface area contributed by atoms with E-state index >= 15 is 0 Å². The zero-order valence-electron chi connectivity index (χ0n) is 14.6. The largest absolute Gasteiger partial charge is 0.324 e. The van der Waals surface area contributed by atoms with Crippen molar-refractivity contribution in [1.82, 2.24) is 4.90 Å². The van der Waals surface area contributed by atoms with Gasteiger partial charge in [0.25, 0.3) is 0 Å². The second-order valence-electron chi connectivity index (χ2n) is 6.18. The smallest absolute Gasteiger partial charge is 0.246 e. The third-order valence-electron chi connectivity index (χ3n) is 4.22. The maximum Gasteiger partial charge on any atom is 0.246 e. The molecule has 1 amide bonds. The van der Waals surface area contributed by atoms with Gasteiger partial charge in [0.05, 0.1) is 0 Å². The zero-order chi connectivity index (χ0) is 18.4. The van der Waals surface area contributed by atoms with Crippen molar-refractivity contribution in [2.75, 3.05) is 12.4 Å². The Labute approximate surface area is 153 Å². The summed E-state index contributed by atoms with van der Waals surface area (Å²) in [6.45, 7) is 0.328. The Kier molecular flexibility index (Phi) is 5.77. The fourth-order valence-corrected chi connectivity index (χ4v) is 2.96. The molecule has 0 heterocycles. The van der Waals surface area contributed by atoms with E-state index in [2.05, 4.69) is 5.32 Å². The van der Waals surface area contributed by atoms with Crippen molar-refractivity contribution < 1.29 is 9.18 Å². The highest BCUT2D eigenvalue weighted by Crippen LogP contribution is 2.24. The van der Waals surface area contributed by atoms with Gasteiger partial charge in [-0.15, -0.1) is 0 Å². The Morgan fingerprint density at radius 2 is 1.50 bits per heavy atom. The lowest BCUT2D eigenvalue weighted by Crippen LogP contribution is -2.34. The van der Waals surface area contributed by atoms with Crippen LogP contribution in [-0.2, 0) is 11.3 Å². The van der Waals surface area contributed by atoms with E-state index in [1.54, 1.807) is 18.2 Å². The molecule has 0 radical (unpaired) electrons. The first kappa shape index (κ1) is 17.8. The minimum atomic E-state index is -0.531. The zero-order valence-corrected chi connectivity index (χ0v) is 14.6. The standard InChI is InChI=1S/C22H21FN2O/c1-25(16-18-12-8-9-15-20(18)23)21(17-10-4-2-5-11-17)22(26)24-19-13-6-3-7-14-19/h2-15,21H,16H2,1H3,(H,24,26). The molecule has 0 saturated heterocycles. The second kappa shape index (κ2) is 8.41. The number of anilines is 1. The number of halogens is 1. The van der Waals surface area contributed by atoms with Crippen molar-refractivity contribution in [3.05, 3.63) is 102 Å². The molecule has 1 N–H and O–H groups in total. The Morgan fingerprint density at radius 1 is 0.923 bits per heavy atom. The van der Waals surface area contributed by atoms with Gasteiger partial charge in [0.2, 0.25) is 5.91 Å². The number of carbonyl (C=O) groups is 1. The molecule has 1 atom stereocenters. The van der Waals surface area contributed by atoms with Crippen molar-refractivity contribution in [2.24, 2.45) is 0 Å². The van der Waals surface area contributed by atoms with Crippen LogP contribution in [-0.4, -0.2) is 17.9 Å². The monoisotopic (exact) mass is 348 g/mol. The summed E-state index contributed by atoms with van der Waals surface area (Å²) < 4.78 is 14.0. The normalized spacial score (nSPS) is 12.0. The quantitative estimate of drug-likeness (QED) is 0.704. The molecule has 1 unspecified atom stereocenters. The summed E-state index contributed by atoms with van der Waals surface area (Å²) in [5, 5.41) is 2.95. The van der Waals surface area contributed by atoms with Gasteiger partial charge >= 0.3 is 0 Å². The molecular weight excluding hydrogens is 327 g/mol. The van der Waals surface area contributed by atoms with E-state index < -0.39 is 6.04 Å². The minimum absolute atomic E-state index is 0.152. The molecule has 0 spiro atoms. The molecule has 4 heteroatoms. The number of carbonyl (C=O) groups excluding carboxylic acids is 1. The van der Waals surface area contributed by atoms with Gasteiger partial charge in [-0.1, -0.05) is 66.7 Å². The highest BCUT2D eigenvalue weighted by Gasteiger charge is 2.25. The van der Waals surface area contributed by atoms with Crippen LogP contribution in [0.3, 0.4) is 0 Å². The van der Waals surface area contributed by atoms with Crippen LogP contribution in [0, 0.1) is 5.82 Å². The van der Waals surface area contributed by atoms with E-state index in [0.29, 0.717) is 12.1 Å². The summed E-state index contributed by atoms with van der Waals surface area (Å²) in [6.07, 6.45) is 0. The van der Waals surface area contributed by atoms with Crippen molar-refractivity contribution in [2.45, 2.75) is 12.6 Å². The Hall–Kier alpha value is -2.98. The maximum absolute atomic E-state index is 14.0. The Bertz CT molecular complexity index is 852. The van der Waals surface area contributed by atoms with Crippen LogP contribution >= 0.6 is 0 Å². The Morgan fingerprint density at radius 3 is 2.15 bits per heavy atom. The number of hydrogen-bond donors (Lipinski definition) is 1. The molecule has 0 aliphatic heterocycles. The van der Waals surface area contributed by atoms with Gasteiger partial charge in [0.1, 0.15) is 11.9 Å². The van der Waals surface area contributed by atoms with E-state index in [1.165, 1.54) is 6.07 Å². The molecule has 3 rings (SSSR count). The highest BCUT2D eigenvalue weighted by molar-refractivity contribution is 5.95. The lowest BCUT2D eigenvalue weighted by atomic mass is 10.0. The van der Waals surface area contributed by atoms with Crippen LogP contribution in [0.4, 0.5) is 10.1 Å². The van der Waals surface area contributed by atoms with Gasteiger partial charge in [0.15, 0.2) is 0 Å². The van der Waals surface area contributed by atoms with Crippen molar-refractivity contribution in [1.29, 1.82) is 0 Å². The van der Waals surface area contributed by atoms with Crippen LogP contribution in [0.2, 0.25) is 0 Å². The lowest BCUT2D eigenvalue weighted by Gasteiger charge is -2.28. The summed E-state index contributed by atoms with van der Waals surface area (Å²) in [4.78, 5) is 14.8. The number of nitrogens with zero attached hydrogens (tertiary/aromatic N) is 1. The minimum Gasteiger partial charge on any atom is -0.324 e. The molecule has 132 valence electrons. The molecule has 3 aromatic carbocycles. The topological polar surface area (TPSA) is 32.3 Å². The fourth-order valence-electron chi connectivity index (χ4n) is 2.96. The van der Waals surface area contributed by atoms with E-state index in [-0.39, 0.29) is 11.7 Å². The van der Waals surface area contributed by atoms with E-state index in [4.69, 9.17) is 0 Å². The average Bonchev–Trinajstić information content (AvgIpc) is 2.65. The number of benzene rings is 3. The van der Waals surface area contributed by atoms with Gasteiger partial charge in [-0.2, -0.15) is 0 Å². The van der Waals surface area contributed by atoms with Gasteiger partial charge in [-0.05, 0) is 30.8 Å². The third-order valence-corrected chi connectivity index (χ3v) is 4.22. The van der Waals surface area contributed by atoms with E-state index in [1.807, 2.05) is 72.6 Å². The van der Waals surface area contributed by atoms with Gasteiger partial charge in [-0.3, -0.25) is 9.69 Å². The van der Waals surface area contributed by atoms with Gasteiger partial charge in [-0.25, -0.2) is 4.39 Å². The van der Waals surface area contributed by atoms with Crippen molar-refractivity contribution in [3.8, 4) is 0 Å². The molecule has 0 aromatic heterocycles. The number of likely N-dealkylation sites (N-methyl/N-ethyl adjacent to an activating group) is 1. The fraction of sp³-hybridized carbons (Fsp3) is 0.136. The van der Waals surface area contributed by atoms with E-state index in [0.717, 1.165) is 11.3 Å². The Balaban J connectivity index is 1.86. The molecule has 26 heavy (non-hydrogen) atoms. The molecule has 3 aromatic rings. The number of para-hydroxylation sites is 1. The summed E-state index contributed by atoms with van der Waals surface area (Å²) >= 11 is 0. The van der Waals surface area contributed by atoms with Gasteiger partial charge in [0, 0.05) is 17.8 Å². The van der Waals surface area contributed by atoms with Crippen molar-refractivity contribution in [3.63, 3.8) is 0 Å². The first-order chi connectivity index (χ1) is 12.6. The first-order valence-corrected chi connectivity index (χ1v) is 8.49. The van der Waals surface area contributed by atoms with Gasteiger partial charge < -0.3 is 5.32 Å². The summed E-state index contributed by atoms with van der Waals surface area (Å²) in [7, 11) is 1.83. The molecule has 3 nitrogen and oxygen atoms in total. The predicted octanol–water partition coefficient (Wildman–Crippen LogP) is 4.64. The number of hydrogen-bond acceptors (Lipinski definition) is 2. The molecular formula is C22H21FN2O. The molecule has 0 bridgehead atoms. The number of nitrogens with one attached hydrogen (secondary N) is 1. The predicted molar refractivity (Wildman–Crippen MR) is 102 cm³/mol. The summed E-state index contributed by atoms with van der Waals surface area (Å²) in [5.74, 6) is -0.420. The average molecular weight is 348 g/mol.